The van der Waals surface area contributed by atoms with Crippen LogP contribution in [0.1, 0.15) is 31.9 Å². The van der Waals surface area contributed by atoms with Gasteiger partial charge in [-0.3, -0.25) is 4.90 Å². The van der Waals surface area contributed by atoms with Crippen molar-refractivity contribution < 1.29 is 28.1 Å². The van der Waals surface area contributed by atoms with Gasteiger partial charge < -0.3 is 18.9 Å². The third kappa shape index (κ3) is 10.5. The standard InChI is InChI=1S/C26H34FNO5/c1-26(2,3)33-25(29)28(4)23-11-7-21(8-12-23)5-6-22-9-13-24(14-10-22)32-20-19-31-18-17-30-16-15-27/h5-14H,15-20H2,1-4H3/b6-5+/i27-1. The summed E-state index contributed by atoms with van der Waals surface area (Å²) in [4.78, 5) is 13.7. The van der Waals surface area contributed by atoms with Gasteiger partial charge in [-0.2, -0.15) is 0 Å². The summed E-state index contributed by atoms with van der Waals surface area (Å²) >= 11 is 0. The van der Waals surface area contributed by atoms with Crippen LogP contribution in [-0.4, -0.2) is 58.5 Å². The van der Waals surface area contributed by atoms with Crippen molar-refractivity contribution in [2.24, 2.45) is 0 Å². The summed E-state index contributed by atoms with van der Waals surface area (Å²) in [6, 6.07) is 15.4. The molecule has 0 atom stereocenters. The van der Waals surface area contributed by atoms with Crippen molar-refractivity contribution in [3.8, 4) is 5.75 Å². The molecular formula is C26H34FNO5. The van der Waals surface area contributed by atoms with E-state index in [9.17, 15) is 9.18 Å². The van der Waals surface area contributed by atoms with Gasteiger partial charge in [0, 0.05) is 12.7 Å². The smallest absolute Gasteiger partial charge is 0.414 e. The maximum absolute atomic E-state index is 12.2. The largest absolute Gasteiger partial charge is 0.491 e. The van der Waals surface area contributed by atoms with Gasteiger partial charge in [0.05, 0.1) is 26.4 Å². The number of rotatable bonds is 12. The van der Waals surface area contributed by atoms with Crippen LogP contribution in [0.4, 0.5) is 14.9 Å². The molecule has 0 aliphatic rings. The van der Waals surface area contributed by atoms with Crippen LogP contribution in [0.3, 0.4) is 0 Å². The molecule has 0 spiro atoms. The summed E-state index contributed by atoms with van der Waals surface area (Å²) in [6.07, 6.45) is 3.63. The Balaban J connectivity index is 1.77. The molecule has 0 aliphatic carbocycles. The number of hydrogen-bond donors (Lipinski definition) is 0. The van der Waals surface area contributed by atoms with Crippen LogP contribution >= 0.6 is 0 Å². The van der Waals surface area contributed by atoms with Gasteiger partial charge in [0.15, 0.2) is 0 Å². The van der Waals surface area contributed by atoms with Crippen molar-refractivity contribution in [2.75, 3.05) is 51.7 Å². The molecule has 2 aromatic rings. The number of benzene rings is 2. The first kappa shape index (κ1) is 26.4. The minimum absolute atomic E-state index is 0.109. The lowest BCUT2D eigenvalue weighted by atomic mass is 10.1. The van der Waals surface area contributed by atoms with Crippen LogP contribution in [0.5, 0.6) is 5.75 Å². The number of anilines is 1. The van der Waals surface area contributed by atoms with E-state index < -0.39 is 12.3 Å². The van der Waals surface area contributed by atoms with Crippen molar-refractivity contribution in [3.63, 3.8) is 0 Å². The lowest BCUT2D eigenvalue weighted by Crippen LogP contribution is -2.34. The van der Waals surface area contributed by atoms with Crippen LogP contribution in [-0.2, 0) is 14.2 Å². The quantitative estimate of drug-likeness (QED) is 0.306. The van der Waals surface area contributed by atoms with Gasteiger partial charge in [-0.05, 0) is 56.2 Å². The van der Waals surface area contributed by atoms with Crippen molar-refractivity contribution in [3.05, 3.63) is 59.7 Å². The molecule has 0 saturated heterocycles. The zero-order valence-electron chi connectivity index (χ0n) is 19.9. The fourth-order valence-electron chi connectivity index (χ4n) is 2.71. The molecule has 0 bridgehead atoms. The molecule has 0 aromatic heterocycles. The van der Waals surface area contributed by atoms with Gasteiger partial charge >= 0.3 is 6.09 Å². The molecule has 2 aromatic carbocycles. The first-order chi connectivity index (χ1) is 15.8. The van der Waals surface area contributed by atoms with E-state index in [-0.39, 0.29) is 12.7 Å². The second-order valence-corrected chi connectivity index (χ2v) is 8.30. The number of ether oxygens (including phenoxy) is 4. The summed E-state index contributed by atoms with van der Waals surface area (Å²) in [6.45, 7) is 6.84. The van der Waals surface area contributed by atoms with Gasteiger partial charge in [-0.25, -0.2) is 9.18 Å². The van der Waals surface area contributed by atoms with E-state index in [2.05, 4.69) is 0 Å². The summed E-state index contributed by atoms with van der Waals surface area (Å²) < 4.78 is 33.3. The minimum atomic E-state index is -0.533. The second kappa shape index (κ2) is 13.6. The second-order valence-electron chi connectivity index (χ2n) is 8.30. The van der Waals surface area contributed by atoms with Gasteiger partial charge in [0.2, 0.25) is 0 Å². The molecule has 0 heterocycles. The molecule has 0 radical (unpaired) electrons. The van der Waals surface area contributed by atoms with E-state index in [4.69, 9.17) is 18.9 Å². The van der Waals surface area contributed by atoms with E-state index in [0.29, 0.717) is 26.4 Å². The van der Waals surface area contributed by atoms with Crippen LogP contribution < -0.4 is 9.64 Å². The predicted octanol–water partition coefficient (Wildman–Crippen LogP) is 5.61. The van der Waals surface area contributed by atoms with E-state index in [1.54, 1.807) is 7.05 Å². The molecule has 180 valence electrons. The van der Waals surface area contributed by atoms with Crippen molar-refractivity contribution in [2.45, 2.75) is 26.4 Å². The van der Waals surface area contributed by atoms with Crippen LogP contribution in [0.2, 0.25) is 0 Å². The number of amides is 1. The highest BCUT2D eigenvalue weighted by molar-refractivity contribution is 5.87. The third-order valence-electron chi connectivity index (χ3n) is 4.39. The highest BCUT2D eigenvalue weighted by Crippen LogP contribution is 2.19. The maximum Gasteiger partial charge on any atom is 0.414 e. The Bertz CT molecular complexity index is 860. The summed E-state index contributed by atoms with van der Waals surface area (Å²) in [5.74, 6) is 0.763. The van der Waals surface area contributed by atoms with Gasteiger partial charge in [-0.1, -0.05) is 36.4 Å². The molecule has 6 nitrogen and oxygen atoms in total. The average Bonchev–Trinajstić information content (AvgIpc) is 2.79. The Morgan fingerprint density at radius 1 is 0.848 bits per heavy atom. The number of halogens is 1. The molecule has 0 unspecified atom stereocenters. The first-order valence-electron chi connectivity index (χ1n) is 11.0. The molecule has 0 N–H and O–H groups in total. The predicted molar refractivity (Wildman–Crippen MR) is 130 cm³/mol. The highest BCUT2D eigenvalue weighted by Gasteiger charge is 2.20. The number of carbonyl (C=O) groups excluding carboxylic acids is 1. The number of nitrogens with zero attached hydrogens (tertiary/aromatic N) is 1. The van der Waals surface area contributed by atoms with Gasteiger partial charge in [0.1, 0.15) is 24.6 Å². The lowest BCUT2D eigenvalue weighted by Gasteiger charge is -2.24. The van der Waals surface area contributed by atoms with Gasteiger partial charge in [0.25, 0.3) is 0 Å². The van der Waals surface area contributed by atoms with E-state index in [1.807, 2.05) is 81.5 Å². The van der Waals surface area contributed by atoms with Crippen molar-refractivity contribution in [1.29, 1.82) is 0 Å². The fraction of sp³-hybridized carbons (Fsp3) is 0.423. The van der Waals surface area contributed by atoms with Crippen LogP contribution in [0, 0.1) is 0 Å². The van der Waals surface area contributed by atoms with E-state index in [1.165, 1.54) is 4.90 Å². The Morgan fingerprint density at radius 3 is 1.91 bits per heavy atom. The molecule has 0 fully saturated rings. The third-order valence-corrected chi connectivity index (χ3v) is 4.39. The molecule has 0 saturated carbocycles. The SMILES string of the molecule is CN(C(=O)OC(C)(C)C)c1ccc(/C=C/c2ccc(OCCOCCOCC[18F])cc2)cc1. The molecular weight excluding hydrogens is 424 g/mol. The lowest BCUT2D eigenvalue weighted by molar-refractivity contribution is 0.0325. The maximum atomic E-state index is 12.2. The van der Waals surface area contributed by atoms with Crippen molar-refractivity contribution >= 4 is 23.9 Å². The summed E-state index contributed by atoms with van der Waals surface area (Å²) in [7, 11) is 1.69. The van der Waals surface area contributed by atoms with Gasteiger partial charge in [-0.15, -0.1) is 0 Å². The zero-order chi connectivity index (χ0) is 24.1. The van der Waals surface area contributed by atoms with Crippen molar-refractivity contribution in [1.82, 2.24) is 0 Å². The Labute approximate surface area is 195 Å². The topological polar surface area (TPSA) is 57.2 Å². The Hall–Kier alpha value is -2.90. The monoisotopic (exact) mass is 458 g/mol. The zero-order valence-corrected chi connectivity index (χ0v) is 19.9. The van der Waals surface area contributed by atoms with Crippen LogP contribution in [0.25, 0.3) is 12.2 Å². The molecule has 7 heteroatoms. The Morgan fingerprint density at radius 2 is 1.36 bits per heavy atom. The summed E-state index contributed by atoms with van der Waals surface area (Å²) in [5, 5.41) is 0. The highest BCUT2D eigenvalue weighted by atomic mass is 18.2. The molecule has 1 amide bonds. The molecule has 33 heavy (non-hydrogen) atoms. The number of hydrogen-bond acceptors (Lipinski definition) is 5. The number of carbonyl (C=O) groups is 1. The molecule has 2 rings (SSSR count). The first-order valence-corrected chi connectivity index (χ1v) is 11.0. The Kier molecular flexibility index (Phi) is 10.9. The fourth-order valence-corrected chi connectivity index (χ4v) is 2.71. The van der Waals surface area contributed by atoms with E-state index >= 15 is 0 Å². The number of alkyl halides is 1. The van der Waals surface area contributed by atoms with E-state index in [0.717, 1.165) is 22.6 Å². The summed E-state index contributed by atoms with van der Waals surface area (Å²) in [5.41, 5.74) is 2.29. The normalized spacial score (nSPS) is 11.5. The molecule has 0 aliphatic heterocycles. The van der Waals surface area contributed by atoms with Crippen LogP contribution in [0.15, 0.2) is 48.5 Å². The minimum Gasteiger partial charge on any atom is -0.491 e. The average molecular weight is 459 g/mol.